The smallest absolute Gasteiger partial charge is 0.252 e. The van der Waals surface area contributed by atoms with Gasteiger partial charge in [-0.3, -0.25) is 4.79 Å². The zero-order chi connectivity index (χ0) is 17.1. The van der Waals surface area contributed by atoms with Gasteiger partial charge >= 0.3 is 0 Å². The van der Waals surface area contributed by atoms with E-state index in [0.717, 1.165) is 22.5 Å². The molecule has 1 heterocycles. The monoisotopic (exact) mass is 319 g/mol. The highest BCUT2D eigenvalue weighted by molar-refractivity contribution is 5.94. The number of imidazole rings is 1. The summed E-state index contributed by atoms with van der Waals surface area (Å²) in [4.78, 5) is 17.1. The van der Waals surface area contributed by atoms with E-state index >= 15 is 0 Å². The average molecular weight is 319 g/mol. The van der Waals surface area contributed by atoms with Crippen LogP contribution in [-0.2, 0) is 7.05 Å². The van der Waals surface area contributed by atoms with Crippen LogP contribution in [0.4, 0.5) is 0 Å². The van der Waals surface area contributed by atoms with Gasteiger partial charge in [-0.25, -0.2) is 4.98 Å². The topological polar surface area (TPSA) is 46.9 Å². The molecule has 3 aromatic rings. The molecule has 3 rings (SSSR count). The third-order valence-corrected chi connectivity index (χ3v) is 4.08. The van der Waals surface area contributed by atoms with Crippen LogP contribution in [0.2, 0.25) is 0 Å². The molecule has 0 aliphatic rings. The third-order valence-electron chi connectivity index (χ3n) is 4.08. The summed E-state index contributed by atoms with van der Waals surface area (Å²) in [6, 6.07) is 15.4. The molecule has 0 aliphatic carbocycles. The summed E-state index contributed by atoms with van der Waals surface area (Å²) in [7, 11) is 1.93. The van der Waals surface area contributed by atoms with E-state index in [1.54, 1.807) is 6.20 Å². The molecule has 2 aromatic carbocycles. The van der Waals surface area contributed by atoms with Crippen molar-refractivity contribution in [3.8, 4) is 0 Å². The summed E-state index contributed by atoms with van der Waals surface area (Å²) in [5, 5.41) is 3.12. The third kappa shape index (κ3) is 3.38. The van der Waals surface area contributed by atoms with Crippen molar-refractivity contribution in [2.45, 2.75) is 19.9 Å². The maximum absolute atomic E-state index is 12.7. The molecule has 4 nitrogen and oxygen atoms in total. The Bertz CT molecular complexity index is 849. The Hall–Kier alpha value is -2.88. The van der Waals surface area contributed by atoms with Crippen LogP contribution in [0.15, 0.2) is 60.9 Å². The summed E-state index contributed by atoms with van der Waals surface area (Å²) in [5.41, 5.74) is 3.94. The molecule has 0 bridgehead atoms. The van der Waals surface area contributed by atoms with Crippen LogP contribution in [0.1, 0.15) is 38.9 Å². The van der Waals surface area contributed by atoms with Crippen LogP contribution in [0.25, 0.3) is 0 Å². The molecule has 0 saturated carbocycles. The molecule has 0 spiro atoms. The molecule has 24 heavy (non-hydrogen) atoms. The lowest BCUT2D eigenvalue weighted by Gasteiger charge is -2.19. The molecule has 1 N–H and O–H groups in total. The highest BCUT2D eigenvalue weighted by Crippen LogP contribution is 2.22. The van der Waals surface area contributed by atoms with E-state index in [1.165, 1.54) is 0 Å². The van der Waals surface area contributed by atoms with E-state index in [0.29, 0.717) is 5.56 Å². The normalized spacial score (nSPS) is 12.0. The number of carbonyl (C=O) groups is 1. The molecule has 0 saturated heterocycles. The van der Waals surface area contributed by atoms with Crippen LogP contribution < -0.4 is 5.32 Å². The first-order valence-corrected chi connectivity index (χ1v) is 7.96. The fourth-order valence-electron chi connectivity index (χ4n) is 2.72. The summed E-state index contributed by atoms with van der Waals surface area (Å²) >= 11 is 0. The van der Waals surface area contributed by atoms with Crippen LogP contribution in [0.3, 0.4) is 0 Å². The van der Waals surface area contributed by atoms with Gasteiger partial charge in [0.15, 0.2) is 0 Å². The molecule has 0 radical (unpaired) electrons. The van der Waals surface area contributed by atoms with Crippen molar-refractivity contribution < 1.29 is 4.79 Å². The van der Waals surface area contributed by atoms with E-state index in [4.69, 9.17) is 0 Å². The predicted octanol–water partition coefficient (Wildman–Crippen LogP) is 3.56. The largest absolute Gasteiger partial charge is 0.338 e. The van der Waals surface area contributed by atoms with Gasteiger partial charge in [-0.05, 0) is 31.5 Å². The zero-order valence-corrected chi connectivity index (χ0v) is 14.2. The molecule has 1 unspecified atom stereocenters. The van der Waals surface area contributed by atoms with Gasteiger partial charge in [0.2, 0.25) is 0 Å². The van der Waals surface area contributed by atoms with Crippen LogP contribution in [0, 0.1) is 13.8 Å². The molecule has 0 aliphatic heterocycles. The number of benzene rings is 2. The van der Waals surface area contributed by atoms with E-state index in [9.17, 15) is 4.79 Å². The molecule has 1 atom stereocenters. The van der Waals surface area contributed by atoms with Gasteiger partial charge in [-0.15, -0.1) is 0 Å². The number of nitrogens with one attached hydrogen (secondary N) is 1. The lowest BCUT2D eigenvalue weighted by Crippen LogP contribution is -2.31. The number of rotatable bonds is 4. The van der Waals surface area contributed by atoms with Gasteiger partial charge in [-0.2, -0.15) is 0 Å². The number of carbonyl (C=O) groups excluding carboxylic acids is 1. The van der Waals surface area contributed by atoms with Gasteiger partial charge in [0, 0.05) is 25.0 Å². The first-order chi connectivity index (χ1) is 11.5. The maximum Gasteiger partial charge on any atom is 0.252 e. The molecule has 4 heteroatoms. The number of hydrogen-bond acceptors (Lipinski definition) is 2. The first-order valence-electron chi connectivity index (χ1n) is 7.96. The SMILES string of the molecule is Cc1ccc(C(=O)NC(c2cccc(C)c2)c2nccn2C)cc1. The van der Waals surface area contributed by atoms with E-state index in [1.807, 2.05) is 74.1 Å². The molecular formula is C20H21N3O. The molecule has 122 valence electrons. The van der Waals surface area contributed by atoms with Crippen molar-refractivity contribution in [3.63, 3.8) is 0 Å². The second kappa shape index (κ2) is 6.71. The molecule has 1 amide bonds. The summed E-state index contributed by atoms with van der Waals surface area (Å²) in [6.45, 7) is 4.05. The summed E-state index contributed by atoms with van der Waals surface area (Å²) in [5.74, 6) is 0.700. The highest BCUT2D eigenvalue weighted by atomic mass is 16.1. The average Bonchev–Trinajstić information content (AvgIpc) is 2.99. The van der Waals surface area contributed by atoms with E-state index < -0.39 is 0 Å². The Kier molecular flexibility index (Phi) is 4.47. The Morgan fingerprint density at radius 1 is 1.08 bits per heavy atom. The lowest BCUT2D eigenvalue weighted by atomic mass is 10.0. The minimum Gasteiger partial charge on any atom is -0.338 e. The van der Waals surface area contributed by atoms with Crippen molar-refractivity contribution in [1.82, 2.24) is 14.9 Å². The summed E-state index contributed by atoms with van der Waals surface area (Å²) < 4.78 is 1.93. The van der Waals surface area contributed by atoms with Crippen molar-refractivity contribution in [2.75, 3.05) is 0 Å². The fraction of sp³-hybridized carbons (Fsp3) is 0.200. The highest BCUT2D eigenvalue weighted by Gasteiger charge is 2.21. The van der Waals surface area contributed by atoms with Crippen LogP contribution in [-0.4, -0.2) is 15.5 Å². The van der Waals surface area contributed by atoms with Gasteiger partial charge in [0.1, 0.15) is 11.9 Å². The van der Waals surface area contributed by atoms with Crippen molar-refractivity contribution in [2.24, 2.45) is 7.05 Å². The fourth-order valence-corrected chi connectivity index (χ4v) is 2.72. The Balaban J connectivity index is 1.95. The quantitative estimate of drug-likeness (QED) is 0.799. The van der Waals surface area contributed by atoms with Gasteiger partial charge in [0.25, 0.3) is 5.91 Å². The second-order valence-electron chi connectivity index (χ2n) is 6.08. The van der Waals surface area contributed by atoms with Gasteiger partial charge < -0.3 is 9.88 Å². The van der Waals surface area contributed by atoms with E-state index in [-0.39, 0.29) is 11.9 Å². The minimum absolute atomic E-state index is 0.107. The Labute approximate surface area is 142 Å². The number of hydrogen-bond donors (Lipinski definition) is 1. The first kappa shape index (κ1) is 16.0. The van der Waals surface area contributed by atoms with Crippen molar-refractivity contribution in [3.05, 3.63) is 89.0 Å². The molecule has 0 fully saturated rings. The number of nitrogens with zero attached hydrogens (tertiary/aromatic N) is 2. The predicted molar refractivity (Wildman–Crippen MR) is 94.9 cm³/mol. The zero-order valence-electron chi connectivity index (χ0n) is 14.2. The molecular weight excluding hydrogens is 298 g/mol. The standard InChI is InChI=1S/C20H21N3O/c1-14-7-9-16(10-8-14)20(24)22-18(19-21-11-12-23(19)3)17-6-4-5-15(2)13-17/h4-13,18H,1-3H3,(H,22,24). The lowest BCUT2D eigenvalue weighted by molar-refractivity contribution is 0.0941. The minimum atomic E-state index is -0.293. The van der Waals surface area contributed by atoms with Gasteiger partial charge in [-0.1, -0.05) is 47.5 Å². The second-order valence-corrected chi connectivity index (χ2v) is 6.08. The van der Waals surface area contributed by atoms with E-state index in [2.05, 4.69) is 16.4 Å². The Morgan fingerprint density at radius 2 is 1.83 bits per heavy atom. The number of amides is 1. The molecule has 1 aromatic heterocycles. The summed E-state index contributed by atoms with van der Waals surface area (Å²) in [6.07, 6.45) is 3.63. The number of aromatic nitrogens is 2. The van der Waals surface area contributed by atoms with Crippen molar-refractivity contribution >= 4 is 5.91 Å². The van der Waals surface area contributed by atoms with Crippen molar-refractivity contribution in [1.29, 1.82) is 0 Å². The Morgan fingerprint density at radius 3 is 2.46 bits per heavy atom. The van der Waals surface area contributed by atoms with Gasteiger partial charge in [0.05, 0.1) is 0 Å². The maximum atomic E-state index is 12.7. The van der Waals surface area contributed by atoms with Crippen LogP contribution in [0.5, 0.6) is 0 Å². The number of aryl methyl sites for hydroxylation is 3. The van der Waals surface area contributed by atoms with Crippen LogP contribution >= 0.6 is 0 Å².